The number of fused-ring (bicyclic) bond motifs is 2. The first-order chi connectivity index (χ1) is 30.0. The molecule has 0 aliphatic carbocycles. The minimum atomic E-state index is -0.681. The molecule has 7 rings (SSSR count). The quantitative estimate of drug-likeness (QED) is 0.0621. The molecule has 1 unspecified atom stereocenters. The zero-order valence-corrected chi connectivity index (χ0v) is 40.9. The monoisotopic (exact) mass is 958 g/mol. The second-order valence-electron chi connectivity index (χ2n) is 15.5. The van der Waals surface area contributed by atoms with Crippen LogP contribution in [0.2, 0.25) is 0 Å². The van der Waals surface area contributed by atoms with Crippen molar-refractivity contribution < 1.29 is 38.1 Å². The van der Waals surface area contributed by atoms with Crippen molar-refractivity contribution in [2.75, 3.05) is 37.1 Å². The Kier molecular flexibility index (Phi) is 14.1. The minimum Gasteiger partial charge on any atom is -0.462 e. The highest BCUT2D eigenvalue weighted by Gasteiger charge is 2.43. The van der Waals surface area contributed by atoms with E-state index in [2.05, 4.69) is 53.1 Å². The molecule has 0 amide bonds. The zero-order chi connectivity index (χ0) is 45.4. The van der Waals surface area contributed by atoms with Gasteiger partial charge in [0.05, 0.1) is 46.0 Å². The third-order valence-corrected chi connectivity index (χ3v) is 16.9. The van der Waals surface area contributed by atoms with Crippen LogP contribution in [-0.2, 0) is 38.1 Å². The van der Waals surface area contributed by atoms with Crippen molar-refractivity contribution in [2.24, 2.45) is 0 Å². The molecule has 0 fully saturated rings. The lowest BCUT2D eigenvalue weighted by atomic mass is 9.79. The third kappa shape index (κ3) is 9.17. The molecule has 0 bridgehead atoms. The van der Waals surface area contributed by atoms with Crippen LogP contribution in [0.15, 0.2) is 94.8 Å². The fraction of sp³-hybridized carbons (Fsp3) is 0.319. The van der Waals surface area contributed by atoms with E-state index in [-0.39, 0.29) is 52.0 Å². The Bertz CT molecular complexity index is 2530. The van der Waals surface area contributed by atoms with Crippen molar-refractivity contribution in [3.63, 3.8) is 0 Å². The van der Waals surface area contributed by atoms with E-state index >= 15 is 0 Å². The van der Waals surface area contributed by atoms with Crippen molar-refractivity contribution >= 4 is 128 Å². The average molecular weight is 959 g/mol. The smallest absolute Gasteiger partial charge is 0.346 e. The van der Waals surface area contributed by atoms with E-state index in [0.29, 0.717) is 18.2 Å². The van der Waals surface area contributed by atoms with Crippen LogP contribution in [0, 0.1) is 0 Å². The SMILES string of the molecule is CCOC(=O)C1=C(C(=O)OCC)SC(=C2C(=S)C(C)(C)Nc3cc(C(c4ccccc4)c4ccc5c(c4)C(=C4SC(C(=O)OCC)=C(C(=O)OCC)S4)C(=S)C(C)(C)N5)ccc32)S1. The number of nitrogens with one attached hydrogen (secondary N) is 2. The average Bonchev–Trinajstić information content (AvgIpc) is 3.89. The van der Waals surface area contributed by atoms with Gasteiger partial charge in [-0.15, -0.1) is 0 Å². The fourth-order valence-electron chi connectivity index (χ4n) is 7.53. The van der Waals surface area contributed by atoms with Crippen LogP contribution >= 0.6 is 71.5 Å². The molecule has 2 N–H and O–H groups in total. The van der Waals surface area contributed by atoms with Crippen molar-refractivity contribution in [1.29, 1.82) is 0 Å². The van der Waals surface area contributed by atoms with Gasteiger partial charge in [0.15, 0.2) is 0 Å². The van der Waals surface area contributed by atoms with Crippen LogP contribution in [0.3, 0.4) is 0 Å². The molecule has 1 atom stereocenters. The Balaban J connectivity index is 1.36. The van der Waals surface area contributed by atoms with Gasteiger partial charge in [0, 0.05) is 49.3 Å². The number of hydrogen-bond donors (Lipinski definition) is 2. The fourth-order valence-corrected chi connectivity index (χ4v) is 13.4. The lowest BCUT2D eigenvalue weighted by Gasteiger charge is -2.38. The van der Waals surface area contributed by atoms with Gasteiger partial charge in [-0.25, -0.2) is 19.2 Å². The molecule has 0 aromatic heterocycles. The van der Waals surface area contributed by atoms with Gasteiger partial charge in [0.25, 0.3) is 0 Å². The van der Waals surface area contributed by atoms with E-state index in [0.717, 1.165) is 50.3 Å². The lowest BCUT2D eigenvalue weighted by Crippen LogP contribution is -2.43. The first-order valence-electron chi connectivity index (χ1n) is 20.4. The van der Waals surface area contributed by atoms with E-state index in [9.17, 15) is 19.2 Å². The number of carbonyl (C=O) groups excluding carboxylic acids is 4. The first-order valence-corrected chi connectivity index (χ1v) is 24.5. The molecule has 4 aliphatic heterocycles. The highest BCUT2D eigenvalue weighted by atomic mass is 32.2. The molecule has 3 aromatic rings. The van der Waals surface area contributed by atoms with E-state index in [1.54, 1.807) is 27.7 Å². The van der Waals surface area contributed by atoms with E-state index in [4.69, 9.17) is 43.4 Å². The number of ether oxygens (including phenoxy) is 4. The highest BCUT2D eigenvalue weighted by molar-refractivity contribution is 8.30. The molecule has 328 valence electrons. The molecule has 4 aliphatic rings. The molecule has 0 saturated heterocycles. The second kappa shape index (κ2) is 19.0. The Morgan fingerprint density at radius 1 is 0.524 bits per heavy atom. The largest absolute Gasteiger partial charge is 0.462 e. The van der Waals surface area contributed by atoms with Crippen LogP contribution in [0.1, 0.15) is 89.1 Å². The third-order valence-electron chi connectivity index (χ3n) is 10.4. The Morgan fingerprint density at radius 3 is 1.37 bits per heavy atom. The van der Waals surface area contributed by atoms with E-state index in [1.807, 2.05) is 52.0 Å². The van der Waals surface area contributed by atoms with E-state index in [1.165, 1.54) is 47.0 Å². The van der Waals surface area contributed by atoms with Gasteiger partial charge < -0.3 is 29.6 Å². The van der Waals surface area contributed by atoms with Crippen molar-refractivity contribution in [2.45, 2.75) is 72.4 Å². The number of rotatable bonds is 11. The summed E-state index contributed by atoms with van der Waals surface area (Å²) in [5.41, 5.74) is 6.61. The summed E-state index contributed by atoms with van der Waals surface area (Å²) in [5.74, 6) is -2.61. The number of esters is 4. The van der Waals surface area contributed by atoms with Crippen molar-refractivity contribution in [1.82, 2.24) is 0 Å². The number of anilines is 2. The van der Waals surface area contributed by atoms with Crippen LogP contribution in [0.5, 0.6) is 0 Å². The summed E-state index contributed by atoms with van der Waals surface area (Å²) in [5, 5.41) is 7.32. The van der Waals surface area contributed by atoms with Crippen LogP contribution in [0.4, 0.5) is 11.4 Å². The predicted octanol–water partition coefficient (Wildman–Crippen LogP) is 11.0. The standard InChI is InChI=1S/C47H46N2O8S6/c1-9-54-40(50)34-35(41(51)55-10-2)61-44(60-34)32-27-20-18-26(23-30(27)49-47(7,8)38(32)58)31(24-16-14-13-15-17-24)25-19-21-29-28(22-25)33(39(59)46(5,6)48-29)45-62-36(42(52)56-11-3)37(63-45)43(53)57-12-4/h13-23,31,48-49H,9-12H2,1-8H3. The summed E-state index contributed by atoms with van der Waals surface area (Å²) >= 11 is 17.1. The number of hydrogen-bond acceptors (Lipinski definition) is 16. The van der Waals surface area contributed by atoms with Gasteiger partial charge >= 0.3 is 23.9 Å². The number of thioether (sulfide) groups is 4. The van der Waals surface area contributed by atoms with Gasteiger partial charge in [-0.2, -0.15) is 0 Å². The van der Waals surface area contributed by atoms with Gasteiger partial charge in [-0.05, 0) is 90.3 Å². The maximum atomic E-state index is 13.2. The van der Waals surface area contributed by atoms with Gasteiger partial charge in [0.1, 0.15) is 19.6 Å². The summed E-state index contributed by atoms with van der Waals surface area (Å²) in [6.07, 6.45) is 0. The minimum absolute atomic E-state index is 0.154. The maximum absolute atomic E-state index is 13.2. The van der Waals surface area contributed by atoms with Crippen molar-refractivity contribution in [3.05, 3.63) is 123 Å². The Labute approximate surface area is 395 Å². The van der Waals surface area contributed by atoms with Crippen LogP contribution < -0.4 is 10.6 Å². The molecule has 10 nitrogen and oxygen atoms in total. The topological polar surface area (TPSA) is 129 Å². The molecule has 3 aromatic carbocycles. The Hall–Kier alpha value is -4.32. The van der Waals surface area contributed by atoms with Gasteiger partial charge in [0.2, 0.25) is 0 Å². The van der Waals surface area contributed by atoms with E-state index < -0.39 is 35.0 Å². The highest BCUT2D eigenvalue weighted by Crippen LogP contribution is 2.57. The molecule has 63 heavy (non-hydrogen) atoms. The summed E-state index contributed by atoms with van der Waals surface area (Å²) < 4.78 is 22.9. The van der Waals surface area contributed by atoms with Crippen LogP contribution in [0.25, 0.3) is 11.1 Å². The van der Waals surface area contributed by atoms with Crippen LogP contribution in [-0.4, -0.2) is 71.1 Å². The van der Waals surface area contributed by atoms with Gasteiger partial charge in [-0.3, -0.25) is 0 Å². The number of benzene rings is 3. The summed E-state index contributed by atoms with van der Waals surface area (Å²) in [6, 6.07) is 22.8. The molecule has 4 heterocycles. The molecule has 0 saturated carbocycles. The number of thiocarbonyl (C=S) groups is 2. The summed E-state index contributed by atoms with van der Waals surface area (Å²) in [7, 11) is 0. The first kappa shape index (κ1) is 46.7. The lowest BCUT2D eigenvalue weighted by molar-refractivity contribution is -0.140. The number of carbonyl (C=O) groups is 4. The summed E-state index contributed by atoms with van der Waals surface area (Å²) in [4.78, 5) is 54.8. The zero-order valence-electron chi connectivity index (χ0n) is 36.0. The molecule has 16 heteroatoms. The maximum Gasteiger partial charge on any atom is 0.346 e. The second-order valence-corrected chi connectivity index (χ2v) is 21.0. The molecule has 0 radical (unpaired) electrons. The Morgan fingerprint density at radius 2 is 0.921 bits per heavy atom. The van der Waals surface area contributed by atoms with Gasteiger partial charge in [-0.1, -0.05) is 120 Å². The molecular weight excluding hydrogens is 913 g/mol. The molecular formula is C47H46N2O8S6. The summed E-state index contributed by atoms with van der Waals surface area (Å²) in [6.45, 7) is 15.6. The predicted molar refractivity (Wildman–Crippen MR) is 266 cm³/mol. The molecule has 0 spiro atoms. The normalized spacial score (nSPS) is 18.0. The van der Waals surface area contributed by atoms with Crippen molar-refractivity contribution in [3.8, 4) is 0 Å².